The van der Waals surface area contributed by atoms with Gasteiger partial charge in [-0.2, -0.15) is 5.26 Å². The lowest BCUT2D eigenvalue weighted by molar-refractivity contribution is -0.154. The number of benzene rings is 1. The third-order valence-corrected chi connectivity index (χ3v) is 2.87. The lowest BCUT2D eigenvalue weighted by Crippen LogP contribution is -2.41. The fourth-order valence-corrected chi connectivity index (χ4v) is 1.72. The second-order valence-electron chi connectivity index (χ2n) is 5.50. The molecule has 0 aliphatic heterocycles. The van der Waals surface area contributed by atoms with Crippen molar-refractivity contribution in [2.75, 3.05) is 13.2 Å². The third kappa shape index (κ3) is 7.83. The summed E-state index contributed by atoms with van der Waals surface area (Å²) in [4.78, 5) is 34.7. The van der Waals surface area contributed by atoms with Crippen molar-refractivity contribution in [2.24, 2.45) is 0 Å². The van der Waals surface area contributed by atoms with Gasteiger partial charge in [-0.05, 0) is 45.0 Å². The first-order chi connectivity index (χ1) is 11.8. The van der Waals surface area contributed by atoms with Crippen LogP contribution in [0, 0.1) is 11.3 Å². The summed E-state index contributed by atoms with van der Waals surface area (Å²) in [5, 5.41) is 13.7. The van der Waals surface area contributed by atoms with Crippen molar-refractivity contribution in [1.82, 2.24) is 10.6 Å². The van der Waals surface area contributed by atoms with E-state index in [0.717, 1.165) is 0 Å². The first kappa shape index (κ1) is 20.0. The van der Waals surface area contributed by atoms with Crippen LogP contribution in [0.25, 0.3) is 0 Å². The molecule has 0 saturated heterocycles. The molecule has 0 spiro atoms. The highest BCUT2D eigenvalue weighted by molar-refractivity contribution is 5.86. The smallest absolute Gasteiger partial charge is 0.347 e. The van der Waals surface area contributed by atoms with E-state index >= 15 is 0 Å². The zero-order valence-electron chi connectivity index (χ0n) is 14.4. The van der Waals surface area contributed by atoms with Crippen molar-refractivity contribution >= 4 is 17.8 Å². The van der Waals surface area contributed by atoms with Gasteiger partial charge in [0.05, 0.1) is 18.2 Å². The standard InChI is InChI=1S/C17H21N3O5/c1-11(2)20-15(21)9-19-16(22)10-24-17(23)12(3)25-14-6-4-13(8-18)5-7-14/h4-7,11-12H,9-10H2,1-3H3,(H,19,22)(H,20,21)/t12-/m1/s1. The molecule has 0 bridgehead atoms. The van der Waals surface area contributed by atoms with Crippen molar-refractivity contribution in [3.63, 3.8) is 0 Å². The quantitative estimate of drug-likeness (QED) is 0.662. The van der Waals surface area contributed by atoms with E-state index in [1.165, 1.54) is 6.92 Å². The van der Waals surface area contributed by atoms with Crippen molar-refractivity contribution in [2.45, 2.75) is 32.9 Å². The SMILES string of the molecule is CC(C)NC(=O)CNC(=O)COC(=O)[C@@H](C)Oc1ccc(C#N)cc1. The monoisotopic (exact) mass is 347 g/mol. The van der Waals surface area contributed by atoms with E-state index in [1.807, 2.05) is 6.07 Å². The molecule has 2 amide bonds. The summed E-state index contributed by atoms with van der Waals surface area (Å²) in [6.07, 6.45) is -0.926. The van der Waals surface area contributed by atoms with Crippen LogP contribution in [0.1, 0.15) is 26.3 Å². The van der Waals surface area contributed by atoms with Crippen molar-refractivity contribution in [1.29, 1.82) is 5.26 Å². The third-order valence-electron chi connectivity index (χ3n) is 2.87. The summed E-state index contributed by atoms with van der Waals surface area (Å²) in [6.45, 7) is 4.39. The largest absolute Gasteiger partial charge is 0.479 e. The van der Waals surface area contributed by atoms with E-state index in [9.17, 15) is 14.4 Å². The topological polar surface area (TPSA) is 118 Å². The maximum atomic E-state index is 11.8. The minimum absolute atomic E-state index is 0.0255. The summed E-state index contributed by atoms with van der Waals surface area (Å²) in [5.41, 5.74) is 0.473. The van der Waals surface area contributed by atoms with Crippen LogP contribution in [-0.4, -0.2) is 43.1 Å². The molecule has 8 heteroatoms. The molecule has 0 aliphatic carbocycles. The zero-order chi connectivity index (χ0) is 18.8. The Morgan fingerprint density at radius 2 is 1.76 bits per heavy atom. The number of carbonyl (C=O) groups is 3. The zero-order valence-corrected chi connectivity index (χ0v) is 14.4. The van der Waals surface area contributed by atoms with E-state index in [0.29, 0.717) is 11.3 Å². The fraction of sp³-hybridized carbons (Fsp3) is 0.412. The Balaban J connectivity index is 2.33. The predicted molar refractivity (Wildman–Crippen MR) is 88.5 cm³/mol. The van der Waals surface area contributed by atoms with Gasteiger partial charge in [-0.1, -0.05) is 0 Å². The number of nitrogens with zero attached hydrogens (tertiary/aromatic N) is 1. The predicted octanol–water partition coefficient (Wildman–Crippen LogP) is 0.510. The molecule has 0 radical (unpaired) electrons. The van der Waals surface area contributed by atoms with Gasteiger partial charge in [-0.3, -0.25) is 9.59 Å². The number of nitrogens with one attached hydrogen (secondary N) is 2. The van der Waals surface area contributed by atoms with Gasteiger partial charge in [0.1, 0.15) is 5.75 Å². The Labute approximate surface area is 146 Å². The van der Waals surface area contributed by atoms with Crippen LogP contribution >= 0.6 is 0 Å². The van der Waals surface area contributed by atoms with Gasteiger partial charge in [0.15, 0.2) is 12.7 Å². The molecule has 2 N–H and O–H groups in total. The van der Waals surface area contributed by atoms with Crippen LogP contribution in [-0.2, 0) is 19.1 Å². The summed E-state index contributed by atoms with van der Waals surface area (Å²) in [5.74, 6) is -1.23. The molecule has 1 aromatic carbocycles. The lowest BCUT2D eigenvalue weighted by Gasteiger charge is -2.14. The average molecular weight is 347 g/mol. The lowest BCUT2D eigenvalue weighted by atomic mass is 10.2. The van der Waals surface area contributed by atoms with Gasteiger partial charge in [0.25, 0.3) is 5.91 Å². The molecular formula is C17H21N3O5. The van der Waals surface area contributed by atoms with Crippen LogP contribution in [0.2, 0.25) is 0 Å². The van der Waals surface area contributed by atoms with Crippen LogP contribution < -0.4 is 15.4 Å². The highest BCUT2D eigenvalue weighted by Gasteiger charge is 2.18. The summed E-state index contributed by atoms with van der Waals surface area (Å²) < 4.78 is 10.2. The van der Waals surface area contributed by atoms with Crippen LogP contribution in [0.15, 0.2) is 24.3 Å². The number of rotatable bonds is 8. The first-order valence-electron chi connectivity index (χ1n) is 7.71. The average Bonchev–Trinajstić information content (AvgIpc) is 2.57. The molecular weight excluding hydrogens is 326 g/mol. The van der Waals surface area contributed by atoms with E-state index < -0.39 is 24.6 Å². The van der Waals surface area contributed by atoms with Gasteiger partial charge in [0, 0.05) is 6.04 Å². The highest BCUT2D eigenvalue weighted by atomic mass is 16.6. The molecule has 0 saturated carbocycles. The second-order valence-corrected chi connectivity index (χ2v) is 5.50. The van der Waals surface area contributed by atoms with Gasteiger partial charge in [-0.15, -0.1) is 0 Å². The minimum Gasteiger partial charge on any atom is -0.479 e. The van der Waals surface area contributed by atoms with Crippen molar-refractivity contribution in [3.05, 3.63) is 29.8 Å². The summed E-state index contributed by atoms with van der Waals surface area (Å²) in [7, 11) is 0. The highest BCUT2D eigenvalue weighted by Crippen LogP contribution is 2.13. The first-order valence-corrected chi connectivity index (χ1v) is 7.71. The number of ether oxygens (including phenoxy) is 2. The van der Waals surface area contributed by atoms with E-state index in [1.54, 1.807) is 38.1 Å². The van der Waals surface area contributed by atoms with E-state index in [2.05, 4.69) is 10.6 Å². The summed E-state index contributed by atoms with van der Waals surface area (Å²) >= 11 is 0. The van der Waals surface area contributed by atoms with Gasteiger partial charge in [-0.25, -0.2) is 4.79 Å². The van der Waals surface area contributed by atoms with E-state index in [-0.39, 0.29) is 18.5 Å². The Morgan fingerprint density at radius 3 is 2.32 bits per heavy atom. The maximum Gasteiger partial charge on any atom is 0.347 e. The van der Waals surface area contributed by atoms with Gasteiger partial charge < -0.3 is 20.1 Å². The number of nitriles is 1. The number of amides is 2. The number of hydrogen-bond donors (Lipinski definition) is 2. The molecule has 0 heterocycles. The Bertz CT molecular complexity index is 649. The molecule has 1 atom stereocenters. The molecule has 0 fully saturated rings. The number of carbonyl (C=O) groups excluding carboxylic acids is 3. The Kier molecular flexibility index (Phi) is 7.93. The molecule has 1 rings (SSSR count). The number of esters is 1. The van der Waals surface area contributed by atoms with Gasteiger partial charge >= 0.3 is 5.97 Å². The Hall–Kier alpha value is -3.08. The van der Waals surface area contributed by atoms with Crippen LogP contribution in [0.4, 0.5) is 0 Å². The van der Waals surface area contributed by atoms with Crippen LogP contribution in [0.3, 0.4) is 0 Å². The van der Waals surface area contributed by atoms with E-state index in [4.69, 9.17) is 14.7 Å². The second kappa shape index (κ2) is 9.93. The minimum atomic E-state index is -0.926. The normalized spacial score (nSPS) is 11.2. The molecule has 0 aromatic heterocycles. The fourth-order valence-electron chi connectivity index (χ4n) is 1.72. The molecule has 0 unspecified atom stereocenters. The molecule has 8 nitrogen and oxygen atoms in total. The molecule has 134 valence electrons. The molecule has 0 aliphatic rings. The van der Waals surface area contributed by atoms with Crippen molar-refractivity contribution < 1.29 is 23.9 Å². The Morgan fingerprint density at radius 1 is 1.12 bits per heavy atom. The maximum absolute atomic E-state index is 11.8. The molecule has 1 aromatic rings. The summed E-state index contributed by atoms with van der Waals surface area (Å²) in [6, 6.07) is 8.18. The van der Waals surface area contributed by atoms with Gasteiger partial charge in [0.2, 0.25) is 5.91 Å². The number of hydrogen-bond acceptors (Lipinski definition) is 6. The molecule has 25 heavy (non-hydrogen) atoms. The van der Waals surface area contributed by atoms with Crippen molar-refractivity contribution in [3.8, 4) is 11.8 Å². The van der Waals surface area contributed by atoms with Crippen LogP contribution in [0.5, 0.6) is 5.75 Å².